The molecule has 0 saturated carbocycles. The van der Waals surface area contributed by atoms with Gasteiger partial charge in [0.15, 0.2) is 5.75 Å². The van der Waals surface area contributed by atoms with E-state index in [4.69, 9.17) is 14.3 Å². The predicted octanol–water partition coefficient (Wildman–Crippen LogP) is 5.40. The van der Waals surface area contributed by atoms with Crippen LogP contribution in [0.15, 0.2) is 70.4 Å². The van der Waals surface area contributed by atoms with Gasteiger partial charge in [0.2, 0.25) is 10.0 Å². The first kappa shape index (κ1) is 27.3. The molecule has 0 saturated heterocycles. The Labute approximate surface area is 213 Å². The van der Waals surface area contributed by atoms with Crippen molar-refractivity contribution in [3.8, 4) is 11.5 Å². The van der Waals surface area contributed by atoms with Crippen LogP contribution in [-0.2, 0) is 16.6 Å². The molecular weight excluding hydrogens is 478 g/mol. The van der Waals surface area contributed by atoms with Crippen LogP contribution in [0.25, 0.3) is 0 Å². The Balaban J connectivity index is 2.15. The van der Waals surface area contributed by atoms with Crippen LogP contribution in [0.4, 0.5) is 5.69 Å². The van der Waals surface area contributed by atoms with Crippen LogP contribution < -0.4 is 14.8 Å². The van der Waals surface area contributed by atoms with Crippen molar-refractivity contribution in [3.05, 3.63) is 72.2 Å². The van der Waals surface area contributed by atoms with Crippen molar-refractivity contribution < 1.29 is 22.4 Å². The van der Waals surface area contributed by atoms with Crippen molar-refractivity contribution in [1.82, 2.24) is 4.90 Å². The molecule has 2 N–H and O–H groups in total. The van der Waals surface area contributed by atoms with Crippen LogP contribution in [0, 0.1) is 0 Å². The molecule has 3 rings (SSSR count). The number of furan rings is 1. The zero-order valence-corrected chi connectivity index (χ0v) is 22.0. The number of rotatable bonds is 13. The first-order valence-corrected chi connectivity index (χ1v) is 13.7. The standard InChI is InChI=1S/C27H35N3O5S/c1-4-6-14-30(15-7-5-2)24-17-22(27(31)29(3)19-21-13-16-34-20-21)18-25(36(28,32)33)26(24)35-23-11-9-8-10-12-23/h8-13,16-18,20H,4-7,14-15,19H2,1-3H3,(H2,28,32,33). The third-order valence-corrected chi connectivity index (χ3v) is 6.72. The molecule has 1 heterocycles. The Bertz CT molecular complexity index is 1220. The lowest BCUT2D eigenvalue weighted by Gasteiger charge is -2.29. The molecule has 0 aliphatic carbocycles. The quantitative estimate of drug-likeness (QED) is 0.328. The van der Waals surface area contributed by atoms with Crippen molar-refractivity contribution in [1.29, 1.82) is 0 Å². The molecular formula is C27H35N3O5S. The van der Waals surface area contributed by atoms with Gasteiger partial charge in [-0.3, -0.25) is 4.79 Å². The van der Waals surface area contributed by atoms with Gasteiger partial charge in [0, 0.05) is 37.8 Å². The molecule has 0 unspecified atom stereocenters. The lowest BCUT2D eigenvalue weighted by molar-refractivity contribution is 0.0784. The van der Waals surface area contributed by atoms with E-state index < -0.39 is 10.0 Å². The average molecular weight is 514 g/mol. The first-order chi connectivity index (χ1) is 17.2. The minimum absolute atomic E-state index is 0.130. The molecule has 0 aliphatic heterocycles. The van der Waals surface area contributed by atoms with Gasteiger partial charge in [-0.25, -0.2) is 13.6 Å². The summed E-state index contributed by atoms with van der Waals surface area (Å²) in [5.74, 6) is 0.273. The van der Waals surface area contributed by atoms with Gasteiger partial charge < -0.3 is 19.0 Å². The monoisotopic (exact) mass is 513 g/mol. The number of carbonyl (C=O) groups excluding carboxylic acids is 1. The van der Waals surface area contributed by atoms with Gasteiger partial charge >= 0.3 is 0 Å². The topological polar surface area (TPSA) is 106 Å². The Morgan fingerprint density at radius 3 is 2.25 bits per heavy atom. The van der Waals surface area contributed by atoms with Gasteiger partial charge in [0.1, 0.15) is 10.6 Å². The number of nitrogens with two attached hydrogens (primary N) is 1. The number of anilines is 1. The second-order valence-corrected chi connectivity index (χ2v) is 10.3. The summed E-state index contributed by atoms with van der Waals surface area (Å²) in [6.07, 6.45) is 6.84. The Morgan fingerprint density at radius 2 is 1.69 bits per heavy atom. The van der Waals surface area contributed by atoms with Crippen LogP contribution in [0.3, 0.4) is 0 Å². The minimum atomic E-state index is -4.22. The zero-order chi connectivity index (χ0) is 26.1. The van der Waals surface area contributed by atoms with E-state index >= 15 is 0 Å². The fourth-order valence-corrected chi connectivity index (χ4v) is 4.56. The average Bonchev–Trinajstić information content (AvgIpc) is 3.37. The smallest absolute Gasteiger partial charge is 0.254 e. The number of hydrogen-bond donors (Lipinski definition) is 1. The van der Waals surface area contributed by atoms with Crippen LogP contribution >= 0.6 is 0 Å². The second-order valence-electron chi connectivity index (χ2n) is 8.77. The van der Waals surface area contributed by atoms with Gasteiger partial charge in [0.05, 0.1) is 18.2 Å². The van der Waals surface area contributed by atoms with E-state index in [0.717, 1.165) is 31.2 Å². The van der Waals surface area contributed by atoms with Crippen molar-refractivity contribution in [2.45, 2.75) is 51.0 Å². The summed E-state index contributed by atoms with van der Waals surface area (Å²) in [6.45, 7) is 5.88. The molecule has 1 aromatic heterocycles. The molecule has 0 spiro atoms. The number of hydrogen-bond acceptors (Lipinski definition) is 6. The summed E-state index contributed by atoms with van der Waals surface area (Å²) in [7, 11) is -2.56. The summed E-state index contributed by atoms with van der Waals surface area (Å²) in [5, 5.41) is 5.67. The highest BCUT2D eigenvalue weighted by atomic mass is 32.2. The van der Waals surface area contributed by atoms with E-state index in [-0.39, 0.29) is 22.1 Å². The van der Waals surface area contributed by atoms with Gasteiger partial charge in [-0.2, -0.15) is 0 Å². The molecule has 36 heavy (non-hydrogen) atoms. The summed E-state index contributed by atoms with van der Waals surface area (Å²) in [6, 6.07) is 13.8. The fourth-order valence-electron chi connectivity index (χ4n) is 3.87. The maximum atomic E-state index is 13.4. The van der Waals surface area contributed by atoms with Crippen LogP contribution in [0.2, 0.25) is 0 Å². The van der Waals surface area contributed by atoms with E-state index in [9.17, 15) is 13.2 Å². The molecule has 3 aromatic rings. The zero-order valence-electron chi connectivity index (χ0n) is 21.1. The SMILES string of the molecule is CCCCN(CCCC)c1cc(C(=O)N(C)Cc2ccoc2)cc(S(N)(=O)=O)c1Oc1ccccc1. The highest BCUT2D eigenvalue weighted by Crippen LogP contribution is 2.40. The third-order valence-electron chi connectivity index (χ3n) is 5.80. The first-order valence-electron chi connectivity index (χ1n) is 12.2. The van der Waals surface area contributed by atoms with Gasteiger partial charge in [0.25, 0.3) is 5.91 Å². The molecule has 194 valence electrons. The summed E-state index contributed by atoms with van der Waals surface area (Å²) in [4.78, 5) is 16.8. The summed E-state index contributed by atoms with van der Waals surface area (Å²) < 4.78 is 36.8. The Morgan fingerprint density at radius 1 is 1.03 bits per heavy atom. The number of carbonyl (C=O) groups is 1. The van der Waals surface area contributed by atoms with E-state index in [1.807, 2.05) is 6.07 Å². The number of amides is 1. The highest BCUT2D eigenvalue weighted by molar-refractivity contribution is 7.89. The normalized spacial score (nSPS) is 11.3. The van der Waals surface area contributed by atoms with Gasteiger partial charge in [-0.1, -0.05) is 44.9 Å². The van der Waals surface area contributed by atoms with Crippen LogP contribution in [0.5, 0.6) is 11.5 Å². The van der Waals surface area contributed by atoms with Gasteiger partial charge in [-0.15, -0.1) is 0 Å². The summed E-state index contributed by atoms with van der Waals surface area (Å²) >= 11 is 0. The van der Waals surface area contributed by atoms with E-state index in [1.54, 1.807) is 56.0 Å². The number of sulfonamides is 1. The molecule has 1 amide bonds. The molecule has 0 atom stereocenters. The second kappa shape index (κ2) is 12.6. The van der Waals surface area contributed by atoms with Crippen LogP contribution in [-0.4, -0.2) is 39.4 Å². The highest BCUT2D eigenvalue weighted by Gasteiger charge is 2.27. The number of para-hydroxylation sites is 1. The lowest BCUT2D eigenvalue weighted by Crippen LogP contribution is -2.29. The van der Waals surface area contributed by atoms with Gasteiger partial charge in [-0.05, 0) is 43.2 Å². The number of ether oxygens (including phenoxy) is 1. The number of primary sulfonamides is 1. The Hall–Kier alpha value is -3.30. The maximum Gasteiger partial charge on any atom is 0.254 e. The van der Waals surface area contributed by atoms with Crippen molar-refractivity contribution in [2.24, 2.45) is 5.14 Å². The molecule has 8 nitrogen and oxygen atoms in total. The lowest BCUT2D eigenvalue weighted by atomic mass is 10.1. The molecule has 2 aromatic carbocycles. The molecule has 0 radical (unpaired) electrons. The predicted molar refractivity (Wildman–Crippen MR) is 141 cm³/mol. The molecule has 0 aliphatic rings. The van der Waals surface area contributed by atoms with Crippen molar-refractivity contribution in [3.63, 3.8) is 0 Å². The van der Waals surface area contributed by atoms with E-state index in [2.05, 4.69) is 18.7 Å². The van der Waals surface area contributed by atoms with E-state index in [1.165, 1.54) is 11.0 Å². The minimum Gasteiger partial charge on any atom is -0.472 e. The van der Waals surface area contributed by atoms with Crippen LogP contribution in [0.1, 0.15) is 55.5 Å². The number of nitrogens with zero attached hydrogens (tertiary/aromatic N) is 2. The maximum absolute atomic E-state index is 13.4. The summed E-state index contributed by atoms with van der Waals surface area (Å²) in [5.41, 5.74) is 1.58. The van der Waals surface area contributed by atoms with Crippen molar-refractivity contribution in [2.75, 3.05) is 25.0 Å². The number of unbranched alkanes of at least 4 members (excludes halogenated alkanes) is 2. The Kier molecular flexibility index (Phi) is 9.55. The molecule has 9 heteroatoms. The molecule has 0 bridgehead atoms. The molecule has 0 fully saturated rings. The largest absolute Gasteiger partial charge is 0.472 e. The number of benzene rings is 2. The van der Waals surface area contributed by atoms with E-state index in [0.29, 0.717) is 31.1 Å². The fraction of sp³-hybridized carbons (Fsp3) is 0.370. The third kappa shape index (κ3) is 7.11. The van der Waals surface area contributed by atoms with Crippen molar-refractivity contribution >= 4 is 21.6 Å².